The average molecular weight is 515 g/mol. The number of amides is 1. The molecule has 1 aromatic heterocycles. The van der Waals surface area contributed by atoms with Gasteiger partial charge < -0.3 is 14.7 Å². The van der Waals surface area contributed by atoms with Crippen LogP contribution in [0, 0.1) is 23.7 Å². The van der Waals surface area contributed by atoms with E-state index in [1.165, 1.54) is 33.9 Å². The molecule has 9 nitrogen and oxygen atoms in total. The molecular formula is C26H34N4O5S. The second-order valence-electron chi connectivity index (χ2n) is 9.58. The quantitative estimate of drug-likeness (QED) is 0.589. The number of carbonyl (C=O) groups excluding carboxylic acids is 1. The van der Waals surface area contributed by atoms with Gasteiger partial charge in [0.1, 0.15) is 22.4 Å². The molecular weight excluding hydrogens is 480 g/mol. The molecule has 0 spiro atoms. The van der Waals surface area contributed by atoms with Crippen molar-refractivity contribution in [3.63, 3.8) is 0 Å². The lowest BCUT2D eigenvalue weighted by Gasteiger charge is -2.37. The number of aliphatic hydroxyl groups is 1. The van der Waals surface area contributed by atoms with Gasteiger partial charge in [-0.2, -0.15) is 4.31 Å². The molecule has 2 aromatic rings. The van der Waals surface area contributed by atoms with Gasteiger partial charge in [0.15, 0.2) is 0 Å². The van der Waals surface area contributed by atoms with Crippen LogP contribution >= 0.6 is 0 Å². The lowest BCUT2D eigenvalue weighted by molar-refractivity contribution is 0.0559. The number of hydrogen-bond acceptors (Lipinski definition) is 7. The third-order valence-electron chi connectivity index (χ3n) is 5.99. The summed E-state index contributed by atoms with van der Waals surface area (Å²) in [6.07, 6.45) is 4.53. The summed E-state index contributed by atoms with van der Waals surface area (Å²) in [5.41, 5.74) is 0.849. The summed E-state index contributed by atoms with van der Waals surface area (Å²) in [7, 11) is -2.30. The normalized spacial score (nSPS) is 20.2. The maximum Gasteiger partial charge on any atom is 0.273 e. The van der Waals surface area contributed by atoms with Crippen molar-refractivity contribution in [2.45, 2.75) is 51.2 Å². The van der Waals surface area contributed by atoms with Gasteiger partial charge in [-0.05, 0) is 31.0 Å². The third-order valence-corrected chi connectivity index (χ3v) is 8.01. The summed E-state index contributed by atoms with van der Waals surface area (Å²) < 4.78 is 34.8. The Bertz CT molecular complexity index is 1220. The molecule has 3 atom stereocenters. The summed E-state index contributed by atoms with van der Waals surface area (Å²) >= 11 is 0. The Kier molecular flexibility index (Phi) is 9.06. The topological polar surface area (TPSA) is 113 Å². The van der Waals surface area contributed by atoms with Crippen LogP contribution in [0.1, 0.15) is 50.2 Å². The number of aromatic nitrogens is 2. The zero-order valence-electron chi connectivity index (χ0n) is 21.4. The van der Waals surface area contributed by atoms with E-state index in [1.54, 1.807) is 26.1 Å². The van der Waals surface area contributed by atoms with Gasteiger partial charge in [-0.1, -0.05) is 32.6 Å². The Labute approximate surface area is 213 Å². The smallest absolute Gasteiger partial charge is 0.273 e. The number of sulfonamides is 1. The van der Waals surface area contributed by atoms with Gasteiger partial charge in [0, 0.05) is 49.9 Å². The Balaban J connectivity index is 2.00. The molecule has 1 aliphatic rings. The van der Waals surface area contributed by atoms with E-state index in [-0.39, 0.29) is 47.9 Å². The highest BCUT2D eigenvalue weighted by Crippen LogP contribution is 2.34. The van der Waals surface area contributed by atoms with E-state index in [9.17, 15) is 18.3 Å². The van der Waals surface area contributed by atoms with Crippen molar-refractivity contribution in [3.05, 3.63) is 48.0 Å². The number of nitrogens with zero attached hydrogens (tertiary/aromatic N) is 4. The van der Waals surface area contributed by atoms with E-state index in [1.807, 2.05) is 6.92 Å². The van der Waals surface area contributed by atoms with Gasteiger partial charge >= 0.3 is 0 Å². The highest BCUT2D eigenvalue weighted by molar-refractivity contribution is 7.89. The van der Waals surface area contributed by atoms with E-state index in [0.717, 1.165) is 0 Å². The van der Waals surface area contributed by atoms with E-state index < -0.39 is 22.2 Å². The Morgan fingerprint density at radius 3 is 2.69 bits per heavy atom. The van der Waals surface area contributed by atoms with Crippen molar-refractivity contribution < 1.29 is 23.1 Å². The van der Waals surface area contributed by atoms with E-state index >= 15 is 0 Å². The van der Waals surface area contributed by atoms with Crippen LogP contribution in [0.2, 0.25) is 0 Å². The Morgan fingerprint density at radius 2 is 2.06 bits per heavy atom. The maximum absolute atomic E-state index is 13.6. The number of benzene rings is 1. The van der Waals surface area contributed by atoms with Gasteiger partial charge in [-0.3, -0.25) is 9.78 Å². The van der Waals surface area contributed by atoms with Crippen LogP contribution in [0.15, 0.2) is 41.7 Å². The SMILES string of the molecule is CC(C)CC#Cc1ccc2c(c1)OC(CN(C)C(=O)c1cnccn1)C(C)CN(C(C)CO)S2(=O)=O. The fraction of sp³-hybridized carbons (Fsp3) is 0.500. The molecule has 1 N–H and O–H groups in total. The van der Waals surface area contributed by atoms with Crippen LogP contribution in [-0.4, -0.2) is 77.5 Å². The third kappa shape index (κ3) is 6.40. The molecule has 3 unspecified atom stereocenters. The molecule has 1 aromatic carbocycles. The van der Waals surface area contributed by atoms with Gasteiger partial charge in [0.2, 0.25) is 10.0 Å². The largest absolute Gasteiger partial charge is 0.487 e. The number of fused-ring (bicyclic) bond motifs is 1. The van der Waals surface area contributed by atoms with Crippen molar-refractivity contribution in [1.82, 2.24) is 19.2 Å². The summed E-state index contributed by atoms with van der Waals surface area (Å²) in [5.74, 6) is 6.18. The minimum absolute atomic E-state index is 0.0111. The van der Waals surface area contributed by atoms with Gasteiger partial charge in [-0.25, -0.2) is 13.4 Å². The number of hydrogen-bond donors (Lipinski definition) is 1. The first-order chi connectivity index (χ1) is 17.0. The molecule has 0 saturated carbocycles. The minimum atomic E-state index is -3.95. The van der Waals surface area contributed by atoms with Crippen molar-refractivity contribution in [2.75, 3.05) is 26.7 Å². The Hall–Kier alpha value is -3.00. The lowest BCUT2D eigenvalue weighted by Crippen LogP contribution is -2.50. The number of carbonyl (C=O) groups is 1. The molecule has 0 radical (unpaired) electrons. The first-order valence-electron chi connectivity index (χ1n) is 12.0. The predicted molar refractivity (Wildman–Crippen MR) is 136 cm³/mol. The molecule has 10 heteroatoms. The molecule has 36 heavy (non-hydrogen) atoms. The second-order valence-corrected chi connectivity index (χ2v) is 11.4. The van der Waals surface area contributed by atoms with Crippen LogP contribution < -0.4 is 4.74 Å². The van der Waals surface area contributed by atoms with Crippen LogP contribution in [-0.2, 0) is 10.0 Å². The molecule has 0 fully saturated rings. The van der Waals surface area contributed by atoms with Crippen LogP contribution in [0.4, 0.5) is 0 Å². The monoisotopic (exact) mass is 514 g/mol. The van der Waals surface area contributed by atoms with Crippen molar-refractivity contribution in [3.8, 4) is 17.6 Å². The van der Waals surface area contributed by atoms with E-state index in [0.29, 0.717) is 17.9 Å². The molecule has 1 aliphatic heterocycles. The van der Waals surface area contributed by atoms with Gasteiger partial charge in [-0.15, -0.1) is 0 Å². The molecule has 1 amide bonds. The highest BCUT2D eigenvalue weighted by atomic mass is 32.2. The highest BCUT2D eigenvalue weighted by Gasteiger charge is 2.38. The maximum atomic E-state index is 13.6. The summed E-state index contributed by atoms with van der Waals surface area (Å²) in [6, 6.07) is 4.17. The van der Waals surface area contributed by atoms with Gasteiger partial charge in [0.25, 0.3) is 5.91 Å². The molecule has 194 valence electrons. The summed E-state index contributed by atoms with van der Waals surface area (Å²) in [5, 5.41) is 9.79. The van der Waals surface area contributed by atoms with Crippen LogP contribution in [0.5, 0.6) is 5.75 Å². The average Bonchev–Trinajstić information content (AvgIpc) is 2.85. The standard InChI is InChI=1S/C26H34N4O5S/c1-18(2)7-6-8-21-9-10-25-23(13-21)35-24(16-29(5)26(32)22-14-27-11-12-28-22)19(3)15-30(20(4)17-31)36(25,33)34/h9-14,18-20,24,31H,7,15-17H2,1-5H3. The number of likely N-dealkylation sites (N-methyl/N-ethyl adjacent to an activating group) is 1. The van der Waals surface area contributed by atoms with Gasteiger partial charge in [0.05, 0.1) is 19.3 Å². The first-order valence-corrected chi connectivity index (χ1v) is 13.4. The van der Waals surface area contributed by atoms with Crippen molar-refractivity contribution >= 4 is 15.9 Å². The second kappa shape index (κ2) is 11.8. The zero-order valence-corrected chi connectivity index (χ0v) is 22.2. The lowest BCUT2D eigenvalue weighted by atomic mass is 10.0. The summed E-state index contributed by atoms with van der Waals surface area (Å²) in [6.45, 7) is 7.68. The number of rotatable bonds is 6. The predicted octanol–water partition coefficient (Wildman–Crippen LogP) is 2.42. The molecule has 3 rings (SSSR count). The van der Waals surface area contributed by atoms with Crippen LogP contribution in [0.25, 0.3) is 0 Å². The van der Waals surface area contributed by atoms with Crippen LogP contribution in [0.3, 0.4) is 0 Å². The van der Waals surface area contributed by atoms with Crippen molar-refractivity contribution in [1.29, 1.82) is 0 Å². The Morgan fingerprint density at radius 1 is 1.31 bits per heavy atom. The van der Waals surface area contributed by atoms with Crippen molar-refractivity contribution in [2.24, 2.45) is 11.8 Å². The number of aliphatic hydroxyl groups excluding tert-OH is 1. The molecule has 0 aliphatic carbocycles. The van der Waals surface area contributed by atoms with E-state index in [2.05, 4.69) is 35.7 Å². The first kappa shape index (κ1) is 27.6. The molecule has 0 saturated heterocycles. The minimum Gasteiger partial charge on any atom is -0.487 e. The van der Waals surface area contributed by atoms with E-state index in [4.69, 9.17) is 4.74 Å². The molecule has 0 bridgehead atoms. The number of ether oxygens (including phenoxy) is 1. The summed E-state index contributed by atoms with van der Waals surface area (Å²) in [4.78, 5) is 22.4. The fourth-order valence-corrected chi connectivity index (χ4v) is 5.66. The zero-order chi connectivity index (χ0) is 26.5. The molecule has 2 heterocycles. The fourth-order valence-electron chi connectivity index (χ4n) is 3.84.